The molecule has 5 heteroatoms. The number of ether oxygens (including phenoxy) is 1. The van der Waals surface area contributed by atoms with E-state index < -0.39 is 16.6 Å². The first-order chi connectivity index (χ1) is 8.86. The number of carbonyl (C=O) groups excluding carboxylic acids is 1. The molecule has 3 nitrogen and oxygen atoms in total. The van der Waals surface area contributed by atoms with Gasteiger partial charge in [0.25, 0.3) is 0 Å². The maximum atomic E-state index is 13.2. The Morgan fingerprint density at radius 1 is 1.37 bits per heavy atom. The van der Waals surface area contributed by atoms with Crippen LogP contribution in [-0.2, 0) is 10.8 Å². The van der Waals surface area contributed by atoms with Gasteiger partial charge in [0, 0.05) is 16.0 Å². The van der Waals surface area contributed by atoms with Gasteiger partial charge in [0.15, 0.2) is 5.78 Å². The molecule has 2 unspecified atom stereocenters. The highest BCUT2D eigenvalue weighted by atomic mass is 32.2. The van der Waals surface area contributed by atoms with Crippen molar-refractivity contribution in [1.82, 2.24) is 0 Å². The van der Waals surface area contributed by atoms with Crippen LogP contribution in [0, 0.1) is 11.7 Å². The Morgan fingerprint density at radius 2 is 2.00 bits per heavy atom. The van der Waals surface area contributed by atoms with Crippen molar-refractivity contribution < 1.29 is 18.1 Å². The lowest BCUT2D eigenvalue weighted by Gasteiger charge is -2.15. The molecule has 19 heavy (non-hydrogen) atoms. The average Bonchev–Trinajstić information content (AvgIpc) is 2.37. The van der Waals surface area contributed by atoms with E-state index in [0.717, 1.165) is 6.07 Å². The summed E-state index contributed by atoms with van der Waals surface area (Å²) in [6.07, 6.45) is 0. The molecule has 106 valence electrons. The lowest BCUT2D eigenvalue weighted by molar-refractivity contribution is 0.101. The number of hydrogen-bond donors (Lipinski definition) is 0. The number of ketones is 1. The fourth-order valence-corrected chi connectivity index (χ4v) is 2.82. The second-order valence-corrected chi connectivity index (χ2v) is 6.54. The lowest BCUT2D eigenvalue weighted by Crippen LogP contribution is -2.24. The van der Waals surface area contributed by atoms with Crippen LogP contribution in [0.2, 0.25) is 0 Å². The van der Waals surface area contributed by atoms with Crippen LogP contribution in [0.1, 0.15) is 31.1 Å². The van der Waals surface area contributed by atoms with Crippen LogP contribution in [0.25, 0.3) is 0 Å². The van der Waals surface area contributed by atoms with Crippen LogP contribution in [-0.4, -0.2) is 28.1 Å². The van der Waals surface area contributed by atoms with Crippen molar-refractivity contribution in [2.75, 3.05) is 12.9 Å². The Bertz CT molecular complexity index is 486. The summed E-state index contributed by atoms with van der Waals surface area (Å²) >= 11 is 0. The van der Waals surface area contributed by atoms with E-state index in [0.29, 0.717) is 5.75 Å². The monoisotopic (exact) mass is 286 g/mol. The zero-order chi connectivity index (χ0) is 14.6. The van der Waals surface area contributed by atoms with Crippen molar-refractivity contribution >= 4 is 16.6 Å². The van der Waals surface area contributed by atoms with Gasteiger partial charge in [-0.1, -0.05) is 20.8 Å². The van der Waals surface area contributed by atoms with Crippen molar-refractivity contribution in [1.29, 1.82) is 0 Å². The summed E-state index contributed by atoms with van der Waals surface area (Å²) in [6.45, 7) is 5.75. The number of Topliss-reactive ketones (excluding diaryl/α,β-unsaturated/α-hetero) is 1. The highest BCUT2D eigenvalue weighted by Gasteiger charge is 2.21. The van der Waals surface area contributed by atoms with Gasteiger partial charge in [-0.25, -0.2) is 4.39 Å². The molecule has 0 bridgehead atoms. The summed E-state index contributed by atoms with van der Waals surface area (Å²) in [5.74, 6) is -0.447. The maximum absolute atomic E-state index is 13.2. The van der Waals surface area contributed by atoms with Gasteiger partial charge in [-0.05, 0) is 24.1 Å². The molecule has 0 aromatic heterocycles. The zero-order valence-corrected chi connectivity index (χ0v) is 12.4. The normalized spacial score (nSPS) is 14.2. The molecule has 0 fully saturated rings. The highest BCUT2D eigenvalue weighted by Crippen LogP contribution is 2.21. The maximum Gasteiger partial charge on any atom is 0.179 e. The summed E-state index contributed by atoms with van der Waals surface area (Å²) in [5.41, 5.74) is 0.145. The number of hydrogen-bond acceptors (Lipinski definition) is 3. The first-order valence-corrected chi connectivity index (χ1v) is 7.49. The summed E-state index contributed by atoms with van der Waals surface area (Å²) in [7, 11) is 0.145. The molecule has 2 atom stereocenters. The minimum absolute atomic E-state index is 0.0801. The van der Waals surface area contributed by atoms with Crippen molar-refractivity contribution in [2.45, 2.75) is 26.0 Å². The molecule has 1 rings (SSSR count). The minimum atomic E-state index is -1.27. The SMILES string of the molecule is COc1ccc(F)cc1C(=O)CS(=O)C(C)C(C)C. The minimum Gasteiger partial charge on any atom is -0.496 e. The zero-order valence-electron chi connectivity index (χ0n) is 11.6. The topological polar surface area (TPSA) is 43.4 Å². The Kier molecular flexibility index (Phi) is 5.66. The predicted octanol–water partition coefficient (Wildman–Crippen LogP) is 2.81. The standard InChI is InChI=1S/C14H19FO3S/c1-9(2)10(3)19(17)8-13(16)12-7-11(15)5-6-14(12)18-4/h5-7,9-10H,8H2,1-4H3. The summed E-state index contributed by atoms with van der Waals surface area (Å²) in [6, 6.07) is 3.75. The number of carbonyl (C=O) groups is 1. The van der Waals surface area contributed by atoms with Gasteiger partial charge in [-0.2, -0.15) is 0 Å². The first kappa shape index (κ1) is 15.8. The number of halogens is 1. The van der Waals surface area contributed by atoms with E-state index in [9.17, 15) is 13.4 Å². The van der Waals surface area contributed by atoms with Gasteiger partial charge < -0.3 is 4.74 Å². The fraction of sp³-hybridized carbons (Fsp3) is 0.500. The third-order valence-electron chi connectivity index (χ3n) is 3.09. The first-order valence-electron chi connectivity index (χ1n) is 6.10. The van der Waals surface area contributed by atoms with Crippen LogP contribution in [0.3, 0.4) is 0 Å². The van der Waals surface area contributed by atoms with Crippen LogP contribution in [0.5, 0.6) is 5.75 Å². The Balaban J connectivity index is 2.89. The summed E-state index contributed by atoms with van der Waals surface area (Å²) < 4.78 is 30.2. The van der Waals surface area contributed by atoms with Crippen molar-refractivity contribution in [3.8, 4) is 5.75 Å². The van der Waals surface area contributed by atoms with E-state index in [1.807, 2.05) is 20.8 Å². The van der Waals surface area contributed by atoms with Crippen molar-refractivity contribution in [2.24, 2.45) is 5.92 Å². The highest BCUT2D eigenvalue weighted by molar-refractivity contribution is 7.86. The molecular weight excluding hydrogens is 267 g/mol. The van der Waals surface area contributed by atoms with E-state index in [1.165, 1.54) is 19.2 Å². The second-order valence-electron chi connectivity index (χ2n) is 4.74. The Morgan fingerprint density at radius 3 is 2.53 bits per heavy atom. The predicted molar refractivity (Wildman–Crippen MR) is 74.6 cm³/mol. The van der Waals surface area contributed by atoms with Crippen molar-refractivity contribution in [3.63, 3.8) is 0 Å². The van der Waals surface area contributed by atoms with Gasteiger partial charge in [0.2, 0.25) is 0 Å². The fourth-order valence-electron chi connectivity index (χ4n) is 1.54. The third-order valence-corrected chi connectivity index (χ3v) is 5.01. The lowest BCUT2D eigenvalue weighted by atomic mass is 10.1. The quantitative estimate of drug-likeness (QED) is 0.755. The van der Waals surface area contributed by atoms with Gasteiger partial charge in [-0.15, -0.1) is 0 Å². The molecule has 0 saturated carbocycles. The second kappa shape index (κ2) is 6.80. The molecule has 1 aromatic carbocycles. The smallest absolute Gasteiger partial charge is 0.179 e. The van der Waals surface area contributed by atoms with E-state index in [4.69, 9.17) is 4.74 Å². The van der Waals surface area contributed by atoms with E-state index in [-0.39, 0.29) is 28.3 Å². The van der Waals surface area contributed by atoms with E-state index in [1.54, 1.807) is 0 Å². The molecule has 0 heterocycles. The van der Waals surface area contributed by atoms with Gasteiger partial charge in [0.1, 0.15) is 11.6 Å². The molecule has 0 N–H and O–H groups in total. The molecule has 0 aliphatic carbocycles. The molecule has 0 spiro atoms. The van der Waals surface area contributed by atoms with E-state index >= 15 is 0 Å². The van der Waals surface area contributed by atoms with E-state index in [2.05, 4.69) is 0 Å². The molecule has 0 amide bonds. The summed E-state index contributed by atoms with van der Waals surface area (Å²) in [5, 5.41) is -0.0801. The summed E-state index contributed by atoms with van der Waals surface area (Å²) in [4.78, 5) is 12.1. The molecule has 1 aromatic rings. The molecular formula is C14H19FO3S. The van der Waals surface area contributed by atoms with Crippen LogP contribution >= 0.6 is 0 Å². The molecule has 0 saturated heterocycles. The average molecular weight is 286 g/mol. The molecule has 0 aliphatic rings. The third kappa shape index (κ3) is 4.13. The Labute approximate surface area is 115 Å². The number of benzene rings is 1. The number of rotatable bonds is 6. The van der Waals surface area contributed by atoms with Gasteiger partial charge >= 0.3 is 0 Å². The van der Waals surface area contributed by atoms with Crippen LogP contribution in [0.4, 0.5) is 4.39 Å². The molecule has 0 aliphatic heterocycles. The van der Waals surface area contributed by atoms with Gasteiger partial charge in [-0.3, -0.25) is 9.00 Å². The van der Waals surface area contributed by atoms with Crippen molar-refractivity contribution in [3.05, 3.63) is 29.6 Å². The van der Waals surface area contributed by atoms with Crippen LogP contribution < -0.4 is 4.74 Å². The largest absolute Gasteiger partial charge is 0.496 e. The van der Waals surface area contributed by atoms with Gasteiger partial charge in [0.05, 0.1) is 18.4 Å². The molecule has 0 radical (unpaired) electrons. The Hall–Kier alpha value is -1.23. The number of methoxy groups -OCH3 is 1. The van der Waals surface area contributed by atoms with Crippen LogP contribution in [0.15, 0.2) is 18.2 Å².